The summed E-state index contributed by atoms with van der Waals surface area (Å²) in [5.74, 6) is -1.52. The van der Waals surface area contributed by atoms with Crippen molar-refractivity contribution in [2.75, 3.05) is 7.11 Å². The van der Waals surface area contributed by atoms with Crippen molar-refractivity contribution in [2.24, 2.45) is 0 Å². The number of epoxide rings is 1. The molecular weight excluding hydrogens is 308 g/mol. The van der Waals surface area contributed by atoms with Crippen molar-refractivity contribution in [1.82, 2.24) is 0 Å². The number of carbonyl (C=O) groups is 1. The average molecular weight is 340 g/mol. The van der Waals surface area contributed by atoms with Crippen molar-refractivity contribution in [3.8, 4) is 0 Å². The number of allylic oxidation sites excluding steroid dienone is 1. The van der Waals surface area contributed by atoms with Crippen molar-refractivity contribution < 1.29 is 24.0 Å². The summed E-state index contributed by atoms with van der Waals surface area (Å²) in [4.78, 5) is 21.0. The monoisotopic (exact) mass is 340 g/mol. The Morgan fingerprint density at radius 2 is 1.83 bits per heavy atom. The Balaban J connectivity index is 1.37. The standard InChI is InChI=1S/C19H32O5/c1-3-4-10-13-16-17(22-16)14-11-8-6-5-7-9-12-15-19(23-24-19)18(20)21-2/h11,14,16-17H,3-10,12-13,15H2,1-2H3/b14-11+. The summed E-state index contributed by atoms with van der Waals surface area (Å²) in [7, 11) is 1.35. The van der Waals surface area contributed by atoms with E-state index >= 15 is 0 Å². The second kappa shape index (κ2) is 10.2. The lowest BCUT2D eigenvalue weighted by Crippen LogP contribution is -2.25. The molecule has 2 fully saturated rings. The predicted octanol–water partition coefficient (Wildman–Crippen LogP) is 4.45. The zero-order valence-electron chi connectivity index (χ0n) is 15.1. The van der Waals surface area contributed by atoms with Gasteiger partial charge in [-0.25, -0.2) is 4.79 Å². The summed E-state index contributed by atoms with van der Waals surface area (Å²) in [6, 6.07) is 0. The van der Waals surface area contributed by atoms with E-state index in [0.717, 1.165) is 19.3 Å². The molecule has 0 aromatic rings. The first-order valence-electron chi connectivity index (χ1n) is 9.49. The molecule has 0 N–H and O–H groups in total. The summed E-state index contributed by atoms with van der Waals surface area (Å²) in [5, 5.41) is 0. The van der Waals surface area contributed by atoms with Gasteiger partial charge in [-0.3, -0.25) is 0 Å². The van der Waals surface area contributed by atoms with Crippen LogP contribution in [0.15, 0.2) is 12.2 Å². The molecule has 0 bridgehead atoms. The lowest BCUT2D eigenvalue weighted by Gasteiger charge is -2.04. The van der Waals surface area contributed by atoms with E-state index in [0.29, 0.717) is 18.6 Å². The molecule has 0 aromatic carbocycles. The highest BCUT2D eigenvalue weighted by Gasteiger charge is 2.57. The van der Waals surface area contributed by atoms with Crippen molar-refractivity contribution in [2.45, 2.75) is 95.5 Å². The SMILES string of the molecule is CCCCCC1OC1/C=C/CCCCCCCC1(C(=O)OC)OO1. The van der Waals surface area contributed by atoms with E-state index in [1.807, 2.05) is 0 Å². The normalized spacial score (nSPS) is 24.2. The second-order valence-electron chi connectivity index (χ2n) is 6.78. The topological polar surface area (TPSA) is 63.9 Å². The minimum absolute atomic E-state index is 0.384. The molecule has 2 aliphatic heterocycles. The zero-order valence-corrected chi connectivity index (χ0v) is 15.1. The molecule has 2 rings (SSSR count). The highest BCUT2D eigenvalue weighted by Crippen LogP contribution is 2.36. The van der Waals surface area contributed by atoms with Crippen LogP contribution in [0.2, 0.25) is 0 Å². The zero-order chi connectivity index (χ0) is 17.3. The van der Waals surface area contributed by atoms with Crippen molar-refractivity contribution in [1.29, 1.82) is 0 Å². The third-order valence-electron chi connectivity index (χ3n) is 4.70. The fourth-order valence-corrected chi connectivity index (χ4v) is 2.99. The molecule has 0 aliphatic carbocycles. The Morgan fingerprint density at radius 3 is 2.54 bits per heavy atom. The second-order valence-corrected chi connectivity index (χ2v) is 6.78. The fourth-order valence-electron chi connectivity index (χ4n) is 2.99. The van der Waals surface area contributed by atoms with Crippen LogP contribution in [-0.2, 0) is 24.0 Å². The predicted molar refractivity (Wildman–Crippen MR) is 91.2 cm³/mol. The molecule has 0 amide bonds. The van der Waals surface area contributed by atoms with Crippen LogP contribution in [-0.4, -0.2) is 31.1 Å². The van der Waals surface area contributed by atoms with Gasteiger partial charge in [0.2, 0.25) is 0 Å². The van der Waals surface area contributed by atoms with Crippen LogP contribution in [0, 0.1) is 0 Å². The maximum Gasteiger partial charge on any atom is 0.372 e. The van der Waals surface area contributed by atoms with Crippen LogP contribution in [0.25, 0.3) is 0 Å². The smallest absolute Gasteiger partial charge is 0.372 e. The van der Waals surface area contributed by atoms with Crippen molar-refractivity contribution >= 4 is 5.97 Å². The van der Waals surface area contributed by atoms with Crippen LogP contribution in [0.4, 0.5) is 0 Å². The van der Waals surface area contributed by atoms with E-state index in [2.05, 4.69) is 23.8 Å². The van der Waals surface area contributed by atoms with E-state index in [1.54, 1.807) is 0 Å². The molecule has 2 atom stereocenters. The molecule has 0 radical (unpaired) electrons. The number of esters is 1. The Hall–Kier alpha value is -0.910. The molecule has 0 spiro atoms. The molecule has 0 aromatic heterocycles. The van der Waals surface area contributed by atoms with Gasteiger partial charge in [-0.2, -0.15) is 9.78 Å². The van der Waals surface area contributed by atoms with E-state index < -0.39 is 11.8 Å². The summed E-state index contributed by atoms with van der Waals surface area (Å²) in [6.45, 7) is 2.23. The quantitative estimate of drug-likeness (QED) is 0.154. The van der Waals surface area contributed by atoms with Gasteiger partial charge in [0.15, 0.2) is 0 Å². The lowest BCUT2D eigenvalue weighted by atomic mass is 10.1. The minimum Gasteiger partial charge on any atom is -0.465 e. The Labute approximate surface area is 145 Å². The fraction of sp³-hybridized carbons (Fsp3) is 0.842. The van der Waals surface area contributed by atoms with Gasteiger partial charge in [0.1, 0.15) is 6.10 Å². The first-order valence-corrected chi connectivity index (χ1v) is 9.49. The summed E-state index contributed by atoms with van der Waals surface area (Å²) in [5.41, 5.74) is 0. The highest BCUT2D eigenvalue weighted by atomic mass is 17.4. The van der Waals surface area contributed by atoms with Gasteiger partial charge >= 0.3 is 11.8 Å². The molecule has 24 heavy (non-hydrogen) atoms. The van der Waals surface area contributed by atoms with Crippen molar-refractivity contribution in [3.63, 3.8) is 0 Å². The number of ether oxygens (including phenoxy) is 2. The minimum atomic E-state index is -1.09. The number of rotatable bonds is 14. The first-order chi connectivity index (χ1) is 11.7. The van der Waals surface area contributed by atoms with E-state index in [-0.39, 0.29) is 0 Å². The molecular formula is C19H32O5. The summed E-state index contributed by atoms with van der Waals surface area (Å²) < 4.78 is 10.3. The molecule has 5 nitrogen and oxygen atoms in total. The van der Waals surface area contributed by atoms with Gasteiger partial charge in [0.05, 0.1) is 13.2 Å². The van der Waals surface area contributed by atoms with Crippen LogP contribution in [0.3, 0.4) is 0 Å². The summed E-state index contributed by atoms with van der Waals surface area (Å²) in [6.07, 6.45) is 17.8. The average Bonchev–Trinajstić information content (AvgIpc) is 3.50. The van der Waals surface area contributed by atoms with E-state index in [9.17, 15) is 4.79 Å². The third-order valence-corrected chi connectivity index (χ3v) is 4.70. The largest absolute Gasteiger partial charge is 0.465 e. The molecule has 2 aliphatic rings. The van der Waals surface area contributed by atoms with Gasteiger partial charge in [0.25, 0.3) is 0 Å². The molecule has 2 unspecified atom stereocenters. The maximum atomic E-state index is 11.4. The molecule has 2 saturated heterocycles. The number of carbonyl (C=O) groups excluding carboxylic acids is 1. The van der Waals surface area contributed by atoms with Gasteiger partial charge in [-0.05, 0) is 25.7 Å². The Bertz CT molecular complexity index is 403. The Morgan fingerprint density at radius 1 is 1.08 bits per heavy atom. The maximum absolute atomic E-state index is 11.4. The van der Waals surface area contributed by atoms with Gasteiger partial charge in [0, 0.05) is 6.42 Å². The number of hydrogen-bond donors (Lipinski definition) is 0. The highest BCUT2D eigenvalue weighted by molar-refractivity contribution is 5.78. The van der Waals surface area contributed by atoms with Crippen LogP contribution in [0.1, 0.15) is 77.6 Å². The molecule has 0 saturated carbocycles. The van der Waals surface area contributed by atoms with E-state index in [1.165, 1.54) is 52.1 Å². The number of hydrogen-bond acceptors (Lipinski definition) is 5. The Kier molecular flexibility index (Phi) is 8.22. The third kappa shape index (κ3) is 6.54. The van der Waals surface area contributed by atoms with Gasteiger partial charge in [-0.1, -0.05) is 57.6 Å². The summed E-state index contributed by atoms with van der Waals surface area (Å²) >= 11 is 0. The van der Waals surface area contributed by atoms with E-state index in [4.69, 9.17) is 14.5 Å². The molecule has 138 valence electrons. The lowest BCUT2D eigenvalue weighted by molar-refractivity contribution is -0.148. The van der Waals surface area contributed by atoms with Gasteiger partial charge in [-0.15, -0.1) is 0 Å². The van der Waals surface area contributed by atoms with Gasteiger partial charge < -0.3 is 9.47 Å². The van der Waals surface area contributed by atoms with Crippen LogP contribution >= 0.6 is 0 Å². The molecule has 2 heterocycles. The number of methoxy groups -OCH3 is 1. The first kappa shape index (κ1) is 19.4. The van der Waals surface area contributed by atoms with Crippen molar-refractivity contribution in [3.05, 3.63) is 12.2 Å². The van der Waals surface area contributed by atoms with Crippen LogP contribution < -0.4 is 0 Å². The number of unbranched alkanes of at least 4 members (excludes halogenated alkanes) is 7. The van der Waals surface area contributed by atoms with Crippen LogP contribution in [0.5, 0.6) is 0 Å². The molecule has 5 heteroatoms.